The van der Waals surface area contributed by atoms with E-state index in [0.29, 0.717) is 26.2 Å². The Labute approximate surface area is 149 Å². The second-order valence-electron chi connectivity index (χ2n) is 7.38. The van der Waals surface area contributed by atoms with Crippen molar-refractivity contribution in [3.05, 3.63) is 23.8 Å². The van der Waals surface area contributed by atoms with Gasteiger partial charge in [-0.2, -0.15) is 0 Å². The molecule has 1 aromatic carbocycles. The topological polar surface area (TPSA) is 76.7 Å². The number of nitrogens with one attached hydrogen (secondary N) is 2. The summed E-state index contributed by atoms with van der Waals surface area (Å²) in [6, 6.07) is 5.57. The summed E-state index contributed by atoms with van der Waals surface area (Å²) in [6.07, 6.45) is 1.39. The number of amides is 2. The molecule has 2 amide bonds. The average Bonchev–Trinajstić information content (AvgIpc) is 2.57. The molecule has 1 heterocycles. The van der Waals surface area contributed by atoms with Gasteiger partial charge < -0.3 is 20.1 Å². The molecular formula is C19H28N2O4. The molecule has 6 heteroatoms. The van der Waals surface area contributed by atoms with Gasteiger partial charge in [0.1, 0.15) is 12.4 Å². The molecule has 1 aromatic rings. The summed E-state index contributed by atoms with van der Waals surface area (Å²) < 4.78 is 10.7. The van der Waals surface area contributed by atoms with E-state index in [1.165, 1.54) is 0 Å². The normalized spacial score (nSPS) is 16.6. The zero-order valence-corrected chi connectivity index (χ0v) is 15.5. The number of hydrogen-bond donors (Lipinski definition) is 2. The molecule has 0 aromatic heterocycles. The van der Waals surface area contributed by atoms with Crippen molar-refractivity contribution < 1.29 is 19.1 Å². The molecular weight excluding hydrogens is 320 g/mol. The first-order valence-electron chi connectivity index (χ1n) is 8.65. The van der Waals surface area contributed by atoms with Crippen LogP contribution in [0, 0.1) is 11.3 Å². The van der Waals surface area contributed by atoms with E-state index in [9.17, 15) is 9.59 Å². The van der Waals surface area contributed by atoms with Crippen molar-refractivity contribution in [2.24, 2.45) is 11.3 Å². The Morgan fingerprint density at radius 2 is 2.08 bits per heavy atom. The molecule has 2 N–H and O–H groups in total. The van der Waals surface area contributed by atoms with Crippen molar-refractivity contribution in [1.82, 2.24) is 5.32 Å². The minimum absolute atomic E-state index is 0.00844. The Morgan fingerprint density at radius 1 is 1.32 bits per heavy atom. The summed E-state index contributed by atoms with van der Waals surface area (Å²) in [5.41, 5.74) is 1.20. The third kappa shape index (κ3) is 5.46. The number of carbonyl (C=O) groups is 2. The highest BCUT2D eigenvalue weighted by Crippen LogP contribution is 2.30. The van der Waals surface area contributed by atoms with Crippen LogP contribution in [-0.4, -0.2) is 38.7 Å². The van der Waals surface area contributed by atoms with Gasteiger partial charge in [0.25, 0.3) is 0 Å². The lowest BCUT2D eigenvalue weighted by molar-refractivity contribution is -0.126. The lowest BCUT2D eigenvalue weighted by Gasteiger charge is -2.25. The Morgan fingerprint density at radius 3 is 2.76 bits per heavy atom. The molecule has 0 radical (unpaired) electrons. The molecule has 2 rings (SSSR count). The summed E-state index contributed by atoms with van der Waals surface area (Å²) in [4.78, 5) is 24.4. The first-order valence-corrected chi connectivity index (χ1v) is 8.65. The average molecular weight is 348 g/mol. The van der Waals surface area contributed by atoms with Crippen LogP contribution in [-0.2, 0) is 20.7 Å². The minimum atomic E-state index is -0.461. The molecule has 1 atom stereocenters. The SMILES string of the molecule is COCCCNC(=O)C1COc2ccc(NC(=O)C(C)(C)C)cc2C1. The van der Waals surface area contributed by atoms with Crippen LogP contribution in [0.25, 0.3) is 0 Å². The van der Waals surface area contributed by atoms with Gasteiger partial charge >= 0.3 is 0 Å². The first kappa shape index (κ1) is 19.2. The fraction of sp³-hybridized carbons (Fsp3) is 0.579. The zero-order valence-electron chi connectivity index (χ0n) is 15.5. The fourth-order valence-electron chi connectivity index (χ4n) is 2.53. The van der Waals surface area contributed by atoms with Gasteiger partial charge in [0, 0.05) is 31.4 Å². The monoisotopic (exact) mass is 348 g/mol. The van der Waals surface area contributed by atoms with E-state index >= 15 is 0 Å². The van der Waals surface area contributed by atoms with Crippen molar-refractivity contribution in [1.29, 1.82) is 0 Å². The van der Waals surface area contributed by atoms with Gasteiger partial charge in [-0.05, 0) is 36.6 Å². The molecule has 0 saturated carbocycles. The van der Waals surface area contributed by atoms with Crippen molar-refractivity contribution in [2.45, 2.75) is 33.6 Å². The van der Waals surface area contributed by atoms with E-state index in [2.05, 4.69) is 10.6 Å². The summed E-state index contributed by atoms with van der Waals surface area (Å²) in [6.45, 7) is 7.20. The highest BCUT2D eigenvalue weighted by Gasteiger charge is 2.27. The van der Waals surface area contributed by atoms with Crippen molar-refractivity contribution in [3.63, 3.8) is 0 Å². The number of benzene rings is 1. The zero-order chi connectivity index (χ0) is 18.4. The summed E-state index contributed by atoms with van der Waals surface area (Å²) >= 11 is 0. The second kappa shape index (κ2) is 8.34. The van der Waals surface area contributed by atoms with Crippen LogP contribution >= 0.6 is 0 Å². The first-order chi connectivity index (χ1) is 11.8. The third-order valence-electron chi connectivity index (χ3n) is 4.10. The molecule has 1 aliphatic heterocycles. The molecule has 6 nitrogen and oxygen atoms in total. The molecule has 138 valence electrons. The fourth-order valence-corrected chi connectivity index (χ4v) is 2.53. The lowest BCUT2D eigenvalue weighted by Crippen LogP contribution is -2.38. The Hall–Kier alpha value is -2.08. The van der Waals surface area contributed by atoms with Crippen LogP contribution in [0.4, 0.5) is 5.69 Å². The predicted octanol–water partition coefficient (Wildman–Crippen LogP) is 2.37. The maximum absolute atomic E-state index is 12.3. The van der Waals surface area contributed by atoms with Crippen molar-refractivity contribution in [3.8, 4) is 5.75 Å². The largest absolute Gasteiger partial charge is 0.492 e. The molecule has 0 fully saturated rings. The summed E-state index contributed by atoms with van der Waals surface area (Å²) in [5, 5.41) is 5.83. The van der Waals surface area contributed by atoms with E-state index in [1.807, 2.05) is 39.0 Å². The van der Waals surface area contributed by atoms with Gasteiger partial charge in [-0.1, -0.05) is 20.8 Å². The molecule has 25 heavy (non-hydrogen) atoms. The van der Waals surface area contributed by atoms with Crippen molar-refractivity contribution >= 4 is 17.5 Å². The number of hydrogen-bond acceptors (Lipinski definition) is 4. The Kier molecular flexibility index (Phi) is 6.42. The Balaban J connectivity index is 1.98. The van der Waals surface area contributed by atoms with Crippen LogP contribution in [0.3, 0.4) is 0 Å². The van der Waals surface area contributed by atoms with Crippen LogP contribution in [0.1, 0.15) is 32.8 Å². The van der Waals surface area contributed by atoms with E-state index in [4.69, 9.17) is 9.47 Å². The molecule has 0 spiro atoms. The van der Waals surface area contributed by atoms with E-state index in [0.717, 1.165) is 23.4 Å². The lowest BCUT2D eigenvalue weighted by atomic mass is 9.94. The van der Waals surface area contributed by atoms with Crippen molar-refractivity contribution in [2.75, 3.05) is 32.2 Å². The van der Waals surface area contributed by atoms with Gasteiger partial charge in [-0.3, -0.25) is 9.59 Å². The Bertz CT molecular complexity index is 622. The standard InChI is InChI=1S/C19H28N2O4/c1-19(2,3)18(23)21-15-6-7-16-13(11-15)10-14(12-25-16)17(22)20-8-5-9-24-4/h6-7,11,14H,5,8-10,12H2,1-4H3,(H,20,22)(H,21,23). The van der Waals surface area contributed by atoms with Gasteiger partial charge in [-0.15, -0.1) is 0 Å². The smallest absolute Gasteiger partial charge is 0.229 e. The van der Waals surface area contributed by atoms with Gasteiger partial charge in [0.15, 0.2) is 0 Å². The summed E-state index contributed by atoms with van der Waals surface area (Å²) in [5.74, 6) is 0.503. The van der Waals surface area contributed by atoms with Crippen LogP contribution in [0.15, 0.2) is 18.2 Å². The third-order valence-corrected chi connectivity index (χ3v) is 4.10. The van der Waals surface area contributed by atoms with Crippen LogP contribution in [0.5, 0.6) is 5.75 Å². The summed E-state index contributed by atoms with van der Waals surface area (Å²) in [7, 11) is 1.64. The number of rotatable bonds is 6. The molecule has 1 unspecified atom stereocenters. The maximum atomic E-state index is 12.3. The number of anilines is 1. The quantitative estimate of drug-likeness (QED) is 0.774. The van der Waals surface area contributed by atoms with Gasteiger partial charge in [0.2, 0.25) is 11.8 Å². The second-order valence-corrected chi connectivity index (χ2v) is 7.38. The number of ether oxygens (including phenoxy) is 2. The molecule has 0 aliphatic carbocycles. The van der Waals surface area contributed by atoms with E-state index < -0.39 is 5.41 Å². The molecule has 0 bridgehead atoms. The predicted molar refractivity (Wildman–Crippen MR) is 96.7 cm³/mol. The number of fused-ring (bicyclic) bond motifs is 1. The number of carbonyl (C=O) groups excluding carboxylic acids is 2. The van der Waals surface area contributed by atoms with E-state index in [1.54, 1.807) is 7.11 Å². The molecule has 0 saturated heterocycles. The van der Waals surface area contributed by atoms with Gasteiger partial charge in [-0.25, -0.2) is 0 Å². The highest BCUT2D eigenvalue weighted by molar-refractivity contribution is 5.94. The number of methoxy groups -OCH3 is 1. The highest BCUT2D eigenvalue weighted by atomic mass is 16.5. The van der Waals surface area contributed by atoms with E-state index in [-0.39, 0.29) is 17.7 Å². The van der Waals surface area contributed by atoms with Crippen LogP contribution in [0.2, 0.25) is 0 Å². The maximum Gasteiger partial charge on any atom is 0.229 e. The molecule has 1 aliphatic rings. The minimum Gasteiger partial charge on any atom is -0.492 e. The van der Waals surface area contributed by atoms with Crippen LogP contribution < -0.4 is 15.4 Å². The van der Waals surface area contributed by atoms with Gasteiger partial charge in [0.05, 0.1) is 5.92 Å².